The zero-order chi connectivity index (χ0) is 19.5. The average Bonchev–Trinajstić information content (AvgIpc) is 3.04. The van der Waals surface area contributed by atoms with Crippen molar-refractivity contribution in [1.29, 1.82) is 0 Å². The topological polar surface area (TPSA) is 71.8 Å². The molecule has 4 rings (SSSR count). The molecule has 28 heavy (non-hydrogen) atoms. The lowest BCUT2D eigenvalue weighted by molar-refractivity contribution is 0.0153. The zero-order valence-corrected chi connectivity index (χ0v) is 16.3. The Morgan fingerprint density at radius 2 is 2.04 bits per heavy atom. The summed E-state index contributed by atoms with van der Waals surface area (Å²) >= 11 is 0. The summed E-state index contributed by atoms with van der Waals surface area (Å²) in [5.41, 5.74) is 4.13. The maximum atomic E-state index is 13.0. The molecule has 0 radical (unpaired) electrons. The fourth-order valence-electron chi connectivity index (χ4n) is 3.70. The number of imidazole rings is 1. The second-order valence-electron chi connectivity index (χ2n) is 7.11. The smallest absolute Gasteiger partial charge is 0.270 e. The highest BCUT2D eigenvalue weighted by Gasteiger charge is 2.25. The van der Waals surface area contributed by atoms with Crippen LogP contribution in [0.1, 0.15) is 33.5 Å². The molecule has 1 saturated heterocycles. The molecule has 1 atom stereocenters. The van der Waals surface area contributed by atoms with Crippen LogP contribution in [0.15, 0.2) is 42.7 Å². The molecule has 1 aliphatic heterocycles. The molecule has 7 nitrogen and oxygen atoms in total. The van der Waals surface area contributed by atoms with Crippen molar-refractivity contribution >= 4 is 11.6 Å². The molecule has 7 heteroatoms. The predicted octanol–water partition coefficient (Wildman–Crippen LogP) is 2.15. The molecule has 1 fully saturated rings. The molecule has 0 aromatic carbocycles. The van der Waals surface area contributed by atoms with Crippen LogP contribution in [0.2, 0.25) is 0 Å². The van der Waals surface area contributed by atoms with E-state index in [-0.39, 0.29) is 11.9 Å². The number of nitrogens with zero attached hydrogens (tertiary/aromatic N) is 4. The molecule has 146 valence electrons. The van der Waals surface area contributed by atoms with Crippen molar-refractivity contribution in [2.24, 2.45) is 0 Å². The van der Waals surface area contributed by atoms with Crippen LogP contribution >= 0.6 is 0 Å². The third-order valence-corrected chi connectivity index (χ3v) is 5.13. The number of ether oxygens (including phenoxy) is 1. The lowest BCUT2D eigenvalue weighted by atomic mass is 10.1. The highest BCUT2D eigenvalue weighted by atomic mass is 16.5. The van der Waals surface area contributed by atoms with Gasteiger partial charge in [-0.1, -0.05) is 12.1 Å². The van der Waals surface area contributed by atoms with Crippen molar-refractivity contribution in [2.75, 3.05) is 32.8 Å². The highest BCUT2D eigenvalue weighted by molar-refractivity contribution is 5.94. The van der Waals surface area contributed by atoms with Gasteiger partial charge >= 0.3 is 0 Å². The summed E-state index contributed by atoms with van der Waals surface area (Å²) in [6.07, 6.45) is 3.74. The standard InChI is InChI=1S/C21H25N5O2/c1-15-6-7-19-24-16(2)20(26(19)14-15)21(27)23-13-18(17-5-3-4-8-22-17)25-9-11-28-12-10-25/h3-8,14,18H,9-13H2,1-2H3,(H,23,27). The van der Waals surface area contributed by atoms with E-state index in [2.05, 4.69) is 20.2 Å². The Hall–Kier alpha value is -2.77. The minimum Gasteiger partial charge on any atom is -0.379 e. The second-order valence-corrected chi connectivity index (χ2v) is 7.11. The van der Waals surface area contributed by atoms with E-state index in [1.54, 1.807) is 6.20 Å². The molecule has 1 N–H and O–H groups in total. The second kappa shape index (κ2) is 8.08. The number of amides is 1. The van der Waals surface area contributed by atoms with Crippen LogP contribution in [0, 0.1) is 13.8 Å². The lowest BCUT2D eigenvalue weighted by Gasteiger charge is -2.34. The molecule has 3 aromatic heterocycles. The summed E-state index contributed by atoms with van der Waals surface area (Å²) in [6, 6.07) is 9.84. The van der Waals surface area contributed by atoms with E-state index in [1.165, 1.54) is 0 Å². The third-order valence-electron chi connectivity index (χ3n) is 5.13. The van der Waals surface area contributed by atoms with Gasteiger partial charge in [-0.3, -0.25) is 19.1 Å². The van der Waals surface area contributed by atoms with Crippen LogP contribution in [-0.2, 0) is 4.74 Å². The fourth-order valence-corrected chi connectivity index (χ4v) is 3.70. The molecule has 4 heterocycles. The fraction of sp³-hybridized carbons (Fsp3) is 0.381. The van der Waals surface area contributed by atoms with Gasteiger partial charge < -0.3 is 10.1 Å². The molecule has 1 amide bonds. The van der Waals surface area contributed by atoms with E-state index in [0.29, 0.717) is 25.5 Å². The Morgan fingerprint density at radius 1 is 1.21 bits per heavy atom. The van der Waals surface area contributed by atoms with Gasteiger partial charge in [0.2, 0.25) is 0 Å². The molecular formula is C21H25N5O2. The van der Waals surface area contributed by atoms with E-state index in [0.717, 1.165) is 35.7 Å². The Morgan fingerprint density at radius 3 is 2.79 bits per heavy atom. The SMILES string of the molecule is Cc1ccc2nc(C)c(C(=O)NCC(c3ccccn3)N3CCOCC3)n2c1. The highest BCUT2D eigenvalue weighted by Crippen LogP contribution is 2.20. The van der Waals surface area contributed by atoms with Gasteiger partial charge in [0, 0.05) is 32.0 Å². The predicted molar refractivity (Wildman–Crippen MR) is 106 cm³/mol. The number of pyridine rings is 2. The number of hydrogen-bond donors (Lipinski definition) is 1. The number of hydrogen-bond acceptors (Lipinski definition) is 5. The quantitative estimate of drug-likeness (QED) is 0.735. The van der Waals surface area contributed by atoms with Crippen LogP contribution in [0.5, 0.6) is 0 Å². The van der Waals surface area contributed by atoms with Crippen molar-refractivity contribution < 1.29 is 9.53 Å². The number of rotatable bonds is 5. The Kier molecular flexibility index (Phi) is 5.36. The number of carbonyl (C=O) groups excluding carboxylic acids is 1. The molecule has 0 spiro atoms. The van der Waals surface area contributed by atoms with Gasteiger partial charge in [-0.15, -0.1) is 0 Å². The maximum absolute atomic E-state index is 13.0. The summed E-state index contributed by atoms with van der Waals surface area (Å²) in [5.74, 6) is -0.121. The Labute approximate surface area is 164 Å². The normalized spacial score (nSPS) is 16.2. The van der Waals surface area contributed by atoms with E-state index in [1.807, 2.05) is 54.8 Å². The Bertz CT molecular complexity index is 964. The summed E-state index contributed by atoms with van der Waals surface area (Å²) in [4.78, 5) is 24.4. The van der Waals surface area contributed by atoms with Crippen LogP contribution in [-0.4, -0.2) is 58.0 Å². The van der Waals surface area contributed by atoms with Crippen molar-refractivity contribution in [1.82, 2.24) is 24.6 Å². The van der Waals surface area contributed by atoms with Crippen molar-refractivity contribution in [3.8, 4) is 0 Å². The molecule has 1 aliphatic rings. The molecule has 0 aliphatic carbocycles. The molecular weight excluding hydrogens is 354 g/mol. The van der Waals surface area contributed by atoms with E-state index in [4.69, 9.17) is 4.74 Å². The first-order chi connectivity index (χ1) is 13.6. The maximum Gasteiger partial charge on any atom is 0.270 e. The van der Waals surface area contributed by atoms with Crippen molar-refractivity contribution in [2.45, 2.75) is 19.9 Å². The van der Waals surface area contributed by atoms with Gasteiger partial charge in [-0.05, 0) is 37.6 Å². The number of morpholine rings is 1. The minimum atomic E-state index is -0.121. The summed E-state index contributed by atoms with van der Waals surface area (Å²) in [5, 5.41) is 3.11. The van der Waals surface area contributed by atoms with Crippen molar-refractivity contribution in [3.63, 3.8) is 0 Å². The van der Waals surface area contributed by atoms with Crippen LogP contribution < -0.4 is 5.32 Å². The number of nitrogens with one attached hydrogen (secondary N) is 1. The number of aromatic nitrogens is 3. The lowest BCUT2D eigenvalue weighted by Crippen LogP contribution is -2.44. The first-order valence-electron chi connectivity index (χ1n) is 9.60. The van der Waals surface area contributed by atoms with Crippen LogP contribution in [0.25, 0.3) is 5.65 Å². The van der Waals surface area contributed by atoms with Gasteiger partial charge in [0.15, 0.2) is 0 Å². The first kappa shape index (κ1) is 18.6. The zero-order valence-electron chi connectivity index (χ0n) is 16.3. The molecule has 0 bridgehead atoms. The van der Waals surface area contributed by atoms with Gasteiger partial charge in [-0.25, -0.2) is 4.98 Å². The van der Waals surface area contributed by atoms with Crippen LogP contribution in [0.4, 0.5) is 0 Å². The minimum absolute atomic E-state index is 0.00952. The number of carbonyl (C=O) groups is 1. The van der Waals surface area contributed by atoms with E-state index < -0.39 is 0 Å². The average molecular weight is 379 g/mol. The van der Waals surface area contributed by atoms with Gasteiger partial charge in [0.05, 0.1) is 30.6 Å². The molecule has 3 aromatic rings. The Balaban J connectivity index is 1.56. The summed E-state index contributed by atoms with van der Waals surface area (Å²) < 4.78 is 7.35. The number of aryl methyl sites for hydroxylation is 2. The molecule has 1 unspecified atom stereocenters. The van der Waals surface area contributed by atoms with Gasteiger partial charge in [-0.2, -0.15) is 0 Å². The number of fused-ring (bicyclic) bond motifs is 1. The first-order valence-corrected chi connectivity index (χ1v) is 9.60. The summed E-state index contributed by atoms with van der Waals surface area (Å²) in [6.45, 7) is 7.40. The third kappa shape index (κ3) is 3.76. The van der Waals surface area contributed by atoms with Crippen LogP contribution in [0.3, 0.4) is 0 Å². The van der Waals surface area contributed by atoms with Crippen molar-refractivity contribution in [3.05, 3.63) is 65.4 Å². The molecule has 0 saturated carbocycles. The summed E-state index contributed by atoms with van der Waals surface area (Å²) in [7, 11) is 0. The van der Waals surface area contributed by atoms with E-state index >= 15 is 0 Å². The monoisotopic (exact) mass is 379 g/mol. The largest absolute Gasteiger partial charge is 0.379 e. The van der Waals surface area contributed by atoms with Gasteiger partial charge in [0.1, 0.15) is 11.3 Å². The van der Waals surface area contributed by atoms with E-state index in [9.17, 15) is 4.79 Å². The van der Waals surface area contributed by atoms with Gasteiger partial charge in [0.25, 0.3) is 5.91 Å².